The van der Waals surface area contributed by atoms with Crippen LogP contribution in [0.4, 0.5) is 11.4 Å². The van der Waals surface area contributed by atoms with Gasteiger partial charge in [-0.25, -0.2) is 8.42 Å². The number of rotatable bonds is 9. The lowest BCUT2D eigenvalue weighted by Gasteiger charge is -2.26. The third kappa shape index (κ3) is 6.17. The van der Waals surface area contributed by atoms with Crippen LogP contribution in [0.1, 0.15) is 21.5 Å². The molecule has 35 heavy (non-hydrogen) atoms. The number of benzene rings is 3. The van der Waals surface area contributed by atoms with Crippen LogP contribution in [0.5, 0.6) is 17.2 Å². The van der Waals surface area contributed by atoms with Crippen LogP contribution in [0, 0.1) is 6.92 Å². The molecule has 0 fully saturated rings. The number of carbonyl (C=O) groups excluding carboxylic acids is 1. The molecule has 1 N–H and O–H groups in total. The largest absolute Gasteiger partial charge is 0.495 e. The monoisotopic (exact) mass is 518 g/mol. The Bertz CT molecular complexity index is 1330. The summed E-state index contributed by atoms with van der Waals surface area (Å²) < 4.78 is 43.1. The molecule has 0 radical (unpaired) electrons. The zero-order chi connectivity index (χ0) is 25.8. The Morgan fingerprint density at radius 2 is 1.51 bits per heavy atom. The minimum Gasteiger partial charge on any atom is -0.495 e. The molecule has 3 aromatic rings. The molecule has 0 aliphatic rings. The second kappa shape index (κ2) is 10.9. The normalized spacial score (nSPS) is 11.0. The molecule has 1 amide bonds. The van der Waals surface area contributed by atoms with E-state index in [4.69, 9.17) is 25.8 Å². The molecule has 186 valence electrons. The highest BCUT2D eigenvalue weighted by molar-refractivity contribution is 7.92. The summed E-state index contributed by atoms with van der Waals surface area (Å²) in [6.45, 7) is 1.86. The number of methoxy groups -OCH3 is 3. The highest BCUT2D eigenvalue weighted by atomic mass is 35.5. The summed E-state index contributed by atoms with van der Waals surface area (Å²) in [5, 5.41) is 3.35. The van der Waals surface area contributed by atoms with Gasteiger partial charge in [-0.15, -0.1) is 0 Å². The van der Waals surface area contributed by atoms with Crippen molar-refractivity contribution in [1.82, 2.24) is 0 Å². The number of anilines is 2. The van der Waals surface area contributed by atoms with E-state index in [1.165, 1.54) is 33.5 Å². The van der Waals surface area contributed by atoms with Gasteiger partial charge in [-0.2, -0.15) is 0 Å². The fourth-order valence-corrected chi connectivity index (χ4v) is 4.52. The predicted octanol–water partition coefficient (Wildman–Crippen LogP) is 4.89. The third-order valence-electron chi connectivity index (χ3n) is 5.26. The van der Waals surface area contributed by atoms with Crippen molar-refractivity contribution in [2.24, 2.45) is 0 Å². The van der Waals surface area contributed by atoms with Crippen molar-refractivity contribution in [3.63, 3.8) is 0 Å². The van der Waals surface area contributed by atoms with E-state index in [1.54, 1.807) is 36.4 Å². The average molecular weight is 519 g/mol. The number of amides is 1. The molecule has 0 aliphatic carbocycles. The fourth-order valence-electron chi connectivity index (χ4n) is 3.50. The number of hydrogen-bond donors (Lipinski definition) is 1. The molecular weight excluding hydrogens is 492 g/mol. The molecule has 3 aromatic carbocycles. The number of sulfonamides is 1. The number of halogens is 1. The first kappa shape index (κ1) is 26.2. The molecule has 0 unspecified atom stereocenters. The minimum absolute atomic E-state index is 0.0282. The van der Waals surface area contributed by atoms with Crippen molar-refractivity contribution in [3.8, 4) is 17.2 Å². The van der Waals surface area contributed by atoms with Crippen LogP contribution >= 0.6 is 11.6 Å². The standard InChI is InChI=1S/C25H27ClN2O6S/c1-16-6-11-22(32-2)20(12-16)27-25(29)19-13-23(33-3)24(34-4)14-21(19)28(35(5,30)31)15-17-7-9-18(26)10-8-17/h6-14H,15H2,1-5H3,(H,27,29). The maximum absolute atomic E-state index is 13.5. The zero-order valence-electron chi connectivity index (χ0n) is 20.1. The Balaban J connectivity index is 2.15. The van der Waals surface area contributed by atoms with E-state index in [2.05, 4.69) is 5.32 Å². The number of nitrogens with zero attached hydrogens (tertiary/aromatic N) is 1. The van der Waals surface area contributed by atoms with Gasteiger partial charge in [0.15, 0.2) is 11.5 Å². The highest BCUT2D eigenvalue weighted by Crippen LogP contribution is 2.38. The van der Waals surface area contributed by atoms with Crippen LogP contribution in [0.3, 0.4) is 0 Å². The number of carbonyl (C=O) groups is 1. The molecular formula is C25H27ClN2O6S. The number of ether oxygens (including phenoxy) is 3. The van der Waals surface area contributed by atoms with E-state index in [0.29, 0.717) is 22.0 Å². The quantitative estimate of drug-likeness (QED) is 0.433. The second-order valence-electron chi connectivity index (χ2n) is 7.78. The van der Waals surface area contributed by atoms with E-state index in [9.17, 15) is 13.2 Å². The first-order valence-corrected chi connectivity index (χ1v) is 12.7. The molecule has 3 rings (SSSR count). The summed E-state index contributed by atoms with van der Waals surface area (Å²) in [6.07, 6.45) is 1.07. The molecule has 0 saturated carbocycles. The Labute approximate surface area is 210 Å². The third-order valence-corrected chi connectivity index (χ3v) is 6.64. The summed E-state index contributed by atoms with van der Waals surface area (Å²) in [4.78, 5) is 13.5. The van der Waals surface area contributed by atoms with E-state index in [0.717, 1.165) is 16.1 Å². The lowest BCUT2D eigenvalue weighted by molar-refractivity contribution is 0.102. The highest BCUT2D eigenvalue weighted by Gasteiger charge is 2.27. The smallest absolute Gasteiger partial charge is 0.258 e. The Morgan fingerprint density at radius 1 is 0.914 bits per heavy atom. The van der Waals surface area contributed by atoms with Gasteiger partial charge in [0.2, 0.25) is 10.0 Å². The molecule has 0 bridgehead atoms. The molecule has 0 aromatic heterocycles. The SMILES string of the molecule is COc1ccc(C)cc1NC(=O)c1cc(OC)c(OC)cc1N(Cc1ccc(Cl)cc1)S(C)(=O)=O. The van der Waals surface area contributed by atoms with Gasteiger partial charge in [0.25, 0.3) is 5.91 Å². The summed E-state index contributed by atoms with van der Waals surface area (Å²) in [5.74, 6) is 0.469. The van der Waals surface area contributed by atoms with Crippen LogP contribution < -0.4 is 23.8 Å². The lowest BCUT2D eigenvalue weighted by atomic mass is 10.1. The number of aryl methyl sites for hydroxylation is 1. The van der Waals surface area contributed by atoms with Gasteiger partial charge < -0.3 is 19.5 Å². The van der Waals surface area contributed by atoms with Gasteiger partial charge in [0, 0.05) is 11.1 Å². The minimum atomic E-state index is -3.82. The van der Waals surface area contributed by atoms with Crippen molar-refractivity contribution < 1.29 is 27.4 Å². The van der Waals surface area contributed by atoms with Gasteiger partial charge in [-0.05, 0) is 48.4 Å². The summed E-state index contributed by atoms with van der Waals surface area (Å²) >= 11 is 5.98. The predicted molar refractivity (Wildman–Crippen MR) is 138 cm³/mol. The van der Waals surface area contributed by atoms with Gasteiger partial charge >= 0.3 is 0 Å². The topological polar surface area (TPSA) is 94.2 Å². The van der Waals surface area contributed by atoms with Crippen molar-refractivity contribution in [2.45, 2.75) is 13.5 Å². The Hall–Kier alpha value is -3.43. The van der Waals surface area contributed by atoms with Gasteiger partial charge in [-0.3, -0.25) is 9.10 Å². The second-order valence-corrected chi connectivity index (χ2v) is 10.1. The van der Waals surface area contributed by atoms with Crippen LogP contribution in [0.25, 0.3) is 0 Å². The van der Waals surface area contributed by atoms with Crippen molar-refractivity contribution in [3.05, 3.63) is 76.3 Å². The van der Waals surface area contributed by atoms with Crippen molar-refractivity contribution in [2.75, 3.05) is 37.2 Å². The molecule has 10 heteroatoms. The fraction of sp³-hybridized carbons (Fsp3) is 0.240. The van der Waals surface area contributed by atoms with E-state index in [-0.39, 0.29) is 29.3 Å². The van der Waals surface area contributed by atoms with Gasteiger partial charge in [0.1, 0.15) is 5.75 Å². The summed E-state index contributed by atoms with van der Waals surface area (Å²) in [5.41, 5.74) is 2.24. The molecule has 0 spiro atoms. The van der Waals surface area contributed by atoms with E-state index >= 15 is 0 Å². The van der Waals surface area contributed by atoms with E-state index in [1.807, 2.05) is 13.0 Å². The zero-order valence-corrected chi connectivity index (χ0v) is 21.7. The summed E-state index contributed by atoms with van der Waals surface area (Å²) in [6, 6.07) is 15.1. The molecule has 0 heterocycles. The van der Waals surface area contributed by atoms with E-state index < -0.39 is 15.9 Å². The number of nitrogens with one attached hydrogen (secondary N) is 1. The van der Waals surface area contributed by atoms with Crippen LogP contribution in [0.2, 0.25) is 5.02 Å². The molecule has 8 nitrogen and oxygen atoms in total. The maximum Gasteiger partial charge on any atom is 0.258 e. The molecule has 0 aliphatic heterocycles. The lowest BCUT2D eigenvalue weighted by Crippen LogP contribution is -2.31. The average Bonchev–Trinajstić information content (AvgIpc) is 2.82. The van der Waals surface area contributed by atoms with Crippen molar-refractivity contribution >= 4 is 38.9 Å². The van der Waals surface area contributed by atoms with Gasteiger partial charge in [0.05, 0.1) is 51.1 Å². The van der Waals surface area contributed by atoms with Crippen LogP contribution in [-0.2, 0) is 16.6 Å². The maximum atomic E-state index is 13.5. The first-order valence-electron chi connectivity index (χ1n) is 10.5. The number of hydrogen-bond acceptors (Lipinski definition) is 6. The Morgan fingerprint density at radius 3 is 2.09 bits per heavy atom. The Kier molecular flexibility index (Phi) is 8.14. The van der Waals surface area contributed by atoms with Crippen LogP contribution in [-0.4, -0.2) is 41.9 Å². The molecule has 0 saturated heterocycles. The van der Waals surface area contributed by atoms with Crippen LogP contribution in [0.15, 0.2) is 54.6 Å². The summed E-state index contributed by atoms with van der Waals surface area (Å²) in [7, 11) is 0.549. The van der Waals surface area contributed by atoms with Crippen molar-refractivity contribution in [1.29, 1.82) is 0 Å². The first-order chi connectivity index (χ1) is 16.6. The molecule has 0 atom stereocenters. The van der Waals surface area contributed by atoms with Gasteiger partial charge in [-0.1, -0.05) is 29.8 Å².